The highest BCUT2D eigenvalue weighted by molar-refractivity contribution is 5.98. The van der Waals surface area contributed by atoms with Crippen LogP contribution >= 0.6 is 0 Å². The Bertz CT molecular complexity index is 712. The van der Waals surface area contributed by atoms with Crippen LogP contribution in [0.15, 0.2) is 0 Å². The third kappa shape index (κ3) is 2.19. The van der Waals surface area contributed by atoms with Gasteiger partial charge < -0.3 is 18.9 Å². The van der Waals surface area contributed by atoms with Crippen LogP contribution in [0.2, 0.25) is 0 Å². The van der Waals surface area contributed by atoms with Crippen LogP contribution in [0.25, 0.3) is 0 Å². The quantitative estimate of drug-likeness (QED) is 0.379. The molecule has 0 aromatic heterocycles. The number of hydrogen-bond donors (Lipinski definition) is 0. The number of carbonyl (C=O) groups excluding carboxylic acids is 4. The molecule has 6 aliphatic rings. The number of fused-ring (bicyclic) bond motifs is 10. The zero-order chi connectivity index (χ0) is 19.2. The van der Waals surface area contributed by atoms with Crippen molar-refractivity contribution in [2.24, 2.45) is 47.3 Å². The first kappa shape index (κ1) is 17.1. The zero-order valence-electron chi connectivity index (χ0n) is 15.3. The molecule has 0 radical (unpaired) electrons. The monoisotopic (exact) mass is 390 g/mol. The molecule has 28 heavy (non-hydrogen) atoms. The second-order valence-electron chi connectivity index (χ2n) is 9.19. The highest BCUT2D eigenvalue weighted by Gasteiger charge is 2.64. The second kappa shape index (κ2) is 5.86. The predicted molar refractivity (Wildman–Crippen MR) is 88.1 cm³/mol. The molecule has 2 heterocycles. The van der Waals surface area contributed by atoms with Crippen LogP contribution < -0.4 is 0 Å². The fraction of sp³-hybridized carbons (Fsp3) is 0.800. The first-order chi connectivity index (χ1) is 13.5. The third-order valence-corrected chi connectivity index (χ3v) is 8.13. The number of carbonyl (C=O) groups is 4. The maximum Gasteiger partial charge on any atom is 0.317 e. The summed E-state index contributed by atoms with van der Waals surface area (Å²) in [6.45, 7) is 0.833. The van der Waals surface area contributed by atoms with Gasteiger partial charge in [-0.3, -0.25) is 19.2 Å². The van der Waals surface area contributed by atoms with E-state index in [0.29, 0.717) is 13.2 Å². The molecule has 150 valence electrons. The van der Waals surface area contributed by atoms with E-state index < -0.39 is 0 Å². The highest BCUT2D eigenvalue weighted by Crippen LogP contribution is 2.57. The zero-order valence-corrected chi connectivity index (χ0v) is 15.3. The predicted octanol–water partition coefficient (Wildman–Crippen LogP) is 0.468. The van der Waals surface area contributed by atoms with Crippen LogP contribution in [0.5, 0.6) is 0 Å². The fourth-order valence-electron chi connectivity index (χ4n) is 7.18. The van der Waals surface area contributed by atoms with Gasteiger partial charge in [-0.25, -0.2) is 0 Å². The summed E-state index contributed by atoms with van der Waals surface area (Å²) in [4.78, 5) is 47.5. The number of esters is 4. The van der Waals surface area contributed by atoms with Gasteiger partial charge in [-0.1, -0.05) is 0 Å². The molecule has 0 aromatic rings. The van der Waals surface area contributed by atoms with Gasteiger partial charge in [0.15, 0.2) is 0 Å². The van der Waals surface area contributed by atoms with Crippen LogP contribution in [0, 0.1) is 47.3 Å². The van der Waals surface area contributed by atoms with E-state index in [4.69, 9.17) is 18.9 Å². The fourth-order valence-corrected chi connectivity index (χ4v) is 7.18. The Hall–Kier alpha value is -1.80. The maximum atomic E-state index is 11.9. The molecular weight excluding hydrogens is 368 g/mol. The molecule has 4 bridgehead atoms. The minimum atomic E-state index is -0.387. The first-order valence-electron chi connectivity index (χ1n) is 10.3. The van der Waals surface area contributed by atoms with Crippen LogP contribution in [0.4, 0.5) is 0 Å². The summed E-state index contributed by atoms with van der Waals surface area (Å²) >= 11 is 0. The Balaban J connectivity index is 1.01. The van der Waals surface area contributed by atoms with Gasteiger partial charge in [-0.15, -0.1) is 0 Å². The van der Waals surface area contributed by atoms with Crippen molar-refractivity contribution < 1.29 is 38.1 Å². The Labute approximate surface area is 161 Å². The van der Waals surface area contributed by atoms with Crippen LogP contribution in [-0.4, -0.2) is 49.3 Å². The van der Waals surface area contributed by atoms with Gasteiger partial charge in [0.25, 0.3) is 0 Å². The second-order valence-corrected chi connectivity index (χ2v) is 9.19. The smallest absolute Gasteiger partial charge is 0.317 e. The van der Waals surface area contributed by atoms with Gasteiger partial charge >= 0.3 is 23.9 Å². The van der Waals surface area contributed by atoms with Gasteiger partial charge in [-0.05, 0) is 49.4 Å². The van der Waals surface area contributed by atoms with Crippen molar-refractivity contribution in [2.75, 3.05) is 13.2 Å². The number of rotatable bonds is 5. The van der Waals surface area contributed by atoms with Crippen molar-refractivity contribution in [1.29, 1.82) is 0 Å². The molecule has 0 amide bonds. The summed E-state index contributed by atoms with van der Waals surface area (Å²) in [5.41, 5.74) is 0. The largest absolute Gasteiger partial charge is 0.393 e. The van der Waals surface area contributed by atoms with Crippen molar-refractivity contribution in [3.05, 3.63) is 0 Å². The molecule has 0 N–H and O–H groups in total. The molecule has 4 saturated carbocycles. The number of hydrogen-bond acceptors (Lipinski definition) is 8. The number of cyclic esters (lactones) is 4. The standard InChI is InChI=1S/C20H22O8/c21-17-13-7-3-9(15(13)19(23)27-17)11(5-7)25-1-2-26-12-6-8-4-10(12)16-14(8)18(22)28-20(16)24/h7-16H,1-6H2. The van der Waals surface area contributed by atoms with E-state index in [1.807, 2.05) is 0 Å². The van der Waals surface area contributed by atoms with Crippen molar-refractivity contribution in [2.45, 2.75) is 37.9 Å². The number of ether oxygens (including phenoxy) is 4. The lowest BCUT2D eigenvalue weighted by molar-refractivity contribution is -0.156. The Morgan fingerprint density at radius 2 is 1.00 bits per heavy atom. The van der Waals surface area contributed by atoms with Gasteiger partial charge in [0.1, 0.15) is 0 Å². The molecule has 2 aliphatic heterocycles. The topological polar surface area (TPSA) is 105 Å². The lowest BCUT2D eigenvalue weighted by Gasteiger charge is -2.29. The minimum absolute atomic E-state index is 0.0276. The minimum Gasteiger partial charge on any atom is -0.393 e. The molecule has 0 aromatic carbocycles. The lowest BCUT2D eigenvalue weighted by Crippen LogP contribution is -2.37. The molecule has 8 heteroatoms. The normalized spacial score (nSPS) is 50.3. The maximum absolute atomic E-state index is 11.9. The van der Waals surface area contributed by atoms with Crippen molar-refractivity contribution in [3.63, 3.8) is 0 Å². The van der Waals surface area contributed by atoms with Crippen LogP contribution in [-0.2, 0) is 38.1 Å². The molecule has 4 aliphatic carbocycles. The Kier molecular flexibility index (Phi) is 3.57. The summed E-state index contributed by atoms with van der Waals surface area (Å²) in [7, 11) is 0. The molecule has 6 fully saturated rings. The van der Waals surface area contributed by atoms with E-state index in [1.165, 1.54) is 0 Å². The summed E-state index contributed by atoms with van der Waals surface area (Å²) in [6, 6.07) is 0. The third-order valence-electron chi connectivity index (χ3n) is 8.13. The van der Waals surface area contributed by atoms with Crippen molar-refractivity contribution in [3.8, 4) is 0 Å². The molecule has 8 nitrogen and oxygen atoms in total. The van der Waals surface area contributed by atoms with Gasteiger partial charge in [0.2, 0.25) is 0 Å². The van der Waals surface area contributed by atoms with E-state index in [2.05, 4.69) is 0 Å². The van der Waals surface area contributed by atoms with Gasteiger partial charge in [-0.2, -0.15) is 0 Å². The molecule has 0 spiro atoms. The highest BCUT2D eigenvalue weighted by atomic mass is 16.6. The molecule has 2 saturated heterocycles. The molecule has 10 unspecified atom stereocenters. The molecular formula is C20H22O8. The van der Waals surface area contributed by atoms with Crippen LogP contribution in [0.3, 0.4) is 0 Å². The van der Waals surface area contributed by atoms with Crippen LogP contribution in [0.1, 0.15) is 25.7 Å². The van der Waals surface area contributed by atoms with E-state index in [9.17, 15) is 19.2 Å². The summed E-state index contributed by atoms with van der Waals surface area (Å²) in [6.07, 6.45) is 3.24. The molecule has 6 rings (SSSR count). The van der Waals surface area contributed by atoms with E-state index in [0.717, 1.165) is 25.7 Å². The van der Waals surface area contributed by atoms with Gasteiger partial charge in [0, 0.05) is 0 Å². The lowest BCUT2D eigenvalue weighted by atomic mass is 9.79. The Morgan fingerprint density at radius 1 is 0.607 bits per heavy atom. The Morgan fingerprint density at radius 3 is 1.43 bits per heavy atom. The van der Waals surface area contributed by atoms with Gasteiger partial charge in [0.05, 0.1) is 49.1 Å². The molecule has 10 atom stereocenters. The first-order valence-corrected chi connectivity index (χ1v) is 10.3. The average Bonchev–Trinajstić information content (AvgIpc) is 3.45. The average molecular weight is 390 g/mol. The van der Waals surface area contributed by atoms with E-state index >= 15 is 0 Å². The van der Waals surface area contributed by atoms with Crippen molar-refractivity contribution in [1.82, 2.24) is 0 Å². The van der Waals surface area contributed by atoms with Crippen molar-refractivity contribution >= 4 is 23.9 Å². The summed E-state index contributed by atoms with van der Waals surface area (Å²) in [5, 5.41) is 0. The summed E-state index contributed by atoms with van der Waals surface area (Å²) < 4.78 is 21.6. The van der Waals surface area contributed by atoms with E-state index in [-0.39, 0.29) is 83.4 Å². The summed E-state index contributed by atoms with van der Waals surface area (Å²) in [5.74, 6) is -2.16. The van der Waals surface area contributed by atoms with E-state index in [1.54, 1.807) is 0 Å². The SMILES string of the molecule is O=C1OC(=O)C2C3CC(CC3OCCOC3CC4CC3C3C(=O)OC(=O)C43)C12.